The summed E-state index contributed by atoms with van der Waals surface area (Å²) < 4.78 is 0. The van der Waals surface area contributed by atoms with Crippen molar-refractivity contribution in [1.82, 2.24) is 16.0 Å². The van der Waals surface area contributed by atoms with Crippen LogP contribution in [0.5, 0.6) is 0 Å². The van der Waals surface area contributed by atoms with Crippen LogP contribution in [0.25, 0.3) is 0 Å². The first kappa shape index (κ1) is 15.5. The largest absolute Gasteiger partial charge is 0.354 e. The van der Waals surface area contributed by atoms with Crippen LogP contribution in [0.1, 0.15) is 43.2 Å². The number of amides is 3. The van der Waals surface area contributed by atoms with Gasteiger partial charge in [0, 0.05) is 18.5 Å². The van der Waals surface area contributed by atoms with E-state index in [0.717, 1.165) is 19.3 Å². The van der Waals surface area contributed by atoms with Crippen molar-refractivity contribution < 1.29 is 9.59 Å². The third-order valence-electron chi connectivity index (χ3n) is 5.95. The Kier molecular flexibility index (Phi) is 3.94. The number of hydrogen-bond donors (Lipinski definition) is 3. The second kappa shape index (κ2) is 6.11. The second-order valence-corrected chi connectivity index (χ2v) is 7.41. The van der Waals surface area contributed by atoms with Crippen molar-refractivity contribution in [2.75, 3.05) is 13.1 Å². The molecule has 0 bridgehead atoms. The molecule has 3 atom stereocenters. The summed E-state index contributed by atoms with van der Waals surface area (Å²) in [6.07, 6.45) is 6.44. The molecule has 3 amide bonds. The van der Waals surface area contributed by atoms with Crippen molar-refractivity contribution in [1.29, 1.82) is 0 Å². The van der Waals surface area contributed by atoms with E-state index in [0.29, 0.717) is 19.0 Å². The number of aryl methyl sites for hydroxylation is 1. The SMILES string of the molecule is O=C(NC[C@@H]1C[C@]12CCCc1ccccc12)N[C@H]1CCCNC1=O. The summed E-state index contributed by atoms with van der Waals surface area (Å²) in [4.78, 5) is 23.8. The Balaban J connectivity index is 1.32. The zero-order valence-corrected chi connectivity index (χ0v) is 13.9. The molecule has 1 aliphatic heterocycles. The molecule has 3 N–H and O–H groups in total. The van der Waals surface area contributed by atoms with E-state index in [4.69, 9.17) is 0 Å². The van der Waals surface area contributed by atoms with Crippen LogP contribution in [0.2, 0.25) is 0 Å². The van der Waals surface area contributed by atoms with E-state index in [1.54, 1.807) is 0 Å². The molecule has 1 heterocycles. The van der Waals surface area contributed by atoms with Gasteiger partial charge in [0.15, 0.2) is 0 Å². The summed E-state index contributed by atoms with van der Waals surface area (Å²) >= 11 is 0. The third kappa shape index (κ3) is 2.76. The fourth-order valence-electron chi connectivity index (χ4n) is 4.57. The molecule has 1 saturated carbocycles. The molecule has 0 radical (unpaired) electrons. The Hall–Kier alpha value is -2.04. The first-order valence-corrected chi connectivity index (χ1v) is 9.09. The molecule has 3 aliphatic rings. The first-order chi connectivity index (χ1) is 11.7. The fourth-order valence-corrected chi connectivity index (χ4v) is 4.57. The van der Waals surface area contributed by atoms with Crippen molar-refractivity contribution in [3.05, 3.63) is 35.4 Å². The van der Waals surface area contributed by atoms with Gasteiger partial charge in [0.1, 0.15) is 6.04 Å². The molecule has 1 aromatic carbocycles. The van der Waals surface area contributed by atoms with Gasteiger partial charge in [-0.15, -0.1) is 0 Å². The highest BCUT2D eigenvalue weighted by atomic mass is 16.2. The highest BCUT2D eigenvalue weighted by molar-refractivity contribution is 5.87. The van der Waals surface area contributed by atoms with Gasteiger partial charge in [-0.3, -0.25) is 4.79 Å². The normalized spacial score (nSPS) is 31.1. The number of rotatable bonds is 3. The van der Waals surface area contributed by atoms with Gasteiger partial charge in [0.05, 0.1) is 0 Å². The molecule has 0 unspecified atom stereocenters. The summed E-state index contributed by atoms with van der Waals surface area (Å²) in [6, 6.07) is 8.15. The van der Waals surface area contributed by atoms with E-state index < -0.39 is 0 Å². The number of carbonyl (C=O) groups excluding carboxylic acids is 2. The first-order valence-electron chi connectivity index (χ1n) is 9.09. The van der Waals surface area contributed by atoms with E-state index in [-0.39, 0.29) is 23.4 Å². The lowest BCUT2D eigenvalue weighted by molar-refractivity contribution is -0.124. The molecule has 5 nitrogen and oxygen atoms in total. The molecule has 128 valence electrons. The van der Waals surface area contributed by atoms with Crippen LogP contribution in [0.3, 0.4) is 0 Å². The van der Waals surface area contributed by atoms with E-state index >= 15 is 0 Å². The van der Waals surface area contributed by atoms with Gasteiger partial charge >= 0.3 is 6.03 Å². The minimum atomic E-state index is -0.387. The predicted molar refractivity (Wildman–Crippen MR) is 91.7 cm³/mol. The number of hydrogen-bond acceptors (Lipinski definition) is 2. The van der Waals surface area contributed by atoms with Crippen LogP contribution in [0, 0.1) is 5.92 Å². The molecule has 1 aromatic rings. The summed E-state index contributed by atoms with van der Waals surface area (Å²) in [5.74, 6) is 0.449. The van der Waals surface area contributed by atoms with E-state index in [9.17, 15) is 9.59 Å². The molecule has 2 fully saturated rings. The number of piperidine rings is 1. The molecule has 5 heteroatoms. The molecule has 2 aliphatic carbocycles. The minimum absolute atomic E-state index is 0.0690. The Morgan fingerprint density at radius 2 is 2.17 bits per heavy atom. The van der Waals surface area contributed by atoms with Gasteiger partial charge in [-0.2, -0.15) is 0 Å². The van der Waals surface area contributed by atoms with Crippen LogP contribution < -0.4 is 16.0 Å². The van der Waals surface area contributed by atoms with Gasteiger partial charge in [0.2, 0.25) is 5.91 Å². The lowest BCUT2D eigenvalue weighted by Crippen LogP contribution is -2.53. The lowest BCUT2D eigenvalue weighted by atomic mass is 9.78. The molecule has 0 aromatic heterocycles. The number of benzene rings is 1. The van der Waals surface area contributed by atoms with Crippen LogP contribution in [-0.2, 0) is 16.6 Å². The molecule has 1 spiro atoms. The predicted octanol–water partition coefficient (Wildman–Crippen LogP) is 1.86. The average molecular weight is 327 g/mol. The van der Waals surface area contributed by atoms with Gasteiger partial charge in [0.25, 0.3) is 0 Å². The van der Waals surface area contributed by atoms with Crippen molar-refractivity contribution >= 4 is 11.9 Å². The van der Waals surface area contributed by atoms with Gasteiger partial charge < -0.3 is 16.0 Å². The Morgan fingerprint density at radius 1 is 1.29 bits per heavy atom. The van der Waals surface area contributed by atoms with Crippen LogP contribution in [0.15, 0.2) is 24.3 Å². The van der Waals surface area contributed by atoms with Crippen LogP contribution >= 0.6 is 0 Å². The Morgan fingerprint density at radius 3 is 3.04 bits per heavy atom. The highest BCUT2D eigenvalue weighted by Gasteiger charge is 2.56. The van der Waals surface area contributed by atoms with Gasteiger partial charge in [-0.1, -0.05) is 24.3 Å². The second-order valence-electron chi connectivity index (χ2n) is 7.41. The van der Waals surface area contributed by atoms with E-state index in [2.05, 4.69) is 40.2 Å². The van der Waals surface area contributed by atoms with Gasteiger partial charge in [-0.25, -0.2) is 4.79 Å². The summed E-state index contributed by atoms with van der Waals surface area (Å²) in [5, 5.41) is 8.58. The maximum absolute atomic E-state index is 12.1. The number of carbonyl (C=O) groups is 2. The summed E-state index contributed by atoms with van der Waals surface area (Å²) in [5.41, 5.74) is 3.26. The van der Waals surface area contributed by atoms with E-state index in [1.807, 2.05) is 0 Å². The van der Waals surface area contributed by atoms with Gasteiger partial charge in [-0.05, 0) is 55.6 Å². The fraction of sp³-hybridized carbons (Fsp3) is 0.579. The number of nitrogens with one attached hydrogen (secondary N) is 3. The third-order valence-corrected chi connectivity index (χ3v) is 5.95. The summed E-state index contributed by atoms with van der Waals surface area (Å²) in [7, 11) is 0. The molecule has 24 heavy (non-hydrogen) atoms. The number of urea groups is 1. The maximum atomic E-state index is 12.1. The Labute approximate surface area is 142 Å². The van der Waals surface area contributed by atoms with Crippen molar-refractivity contribution in [2.24, 2.45) is 5.92 Å². The highest BCUT2D eigenvalue weighted by Crippen LogP contribution is 2.59. The number of fused-ring (bicyclic) bond motifs is 2. The van der Waals surface area contributed by atoms with Crippen LogP contribution in [-0.4, -0.2) is 31.1 Å². The van der Waals surface area contributed by atoms with Crippen molar-refractivity contribution in [2.45, 2.75) is 50.0 Å². The monoisotopic (exact) mass is 327 g/mol. The standard InChI is InChI=1S/C19H25N3O2/c23-17-16(8-4-10-20-17)22-18(24)21-12-14-11-19(14)9-3-6-13-5-1-2-7-15(13)19/h1-2,5,7,14,16H,3-4,6,8-12H2,(H,20,23)(H2,21,22,24)/t14-,16-,19+/m0/s1. The average Bonchev–Trinajstić information content (AvgIpc) is 3.29. The maximum Gasteiger partial charge on any atom is 0.315 e. The summed E-state index contributed by atoms with van der Waals surface area (Å²) in [6.45, 7) is 1.40. The van der Waals surface area contributed by atoms with Crippen LogP contribution in [0.4, 0.5) is 4.79 Å². The lowest BCUT2D eigenvalue weighted by Gasteiger charge is -2.27. The zero-order valence-electron chi connectivity index (χ0n) is 13.9. The smallest absolute Gasteiger partial charge is 0.315 e. The molecular weight excluding hydrogens is 302 g/mol. The van der Waals surface area contributed by atoms with Crippen molar-refractivity contribution in [3.63, 3.8) is 0 Å². The zero-order chi connectivity index (χ0) is 16.6. The van der Waals surface area contributed by atoms with E-state index in [1.165, 1.54) is 30.4 Å². The molecule has 4 rings (SSSR count). The topological polar surface area (TPSA) is 70.2 Å². The Bertz CT molecular complexity index is 660. The molecule has 1 saturated heterocycles. The van der Waals surface area contributed by atoms with Crippen molar-refractivity contribution in [3.8, 4) is 0 Å². The molecular formula is C19H25N3O2. The minimum Gasteiger partial charge on any atom is -0.354 e. The quantitative estimate of drug-likeness (QED) is 0.793.